The summed E-state index contributed by atoms with van der Waals surface area (Å²) in [7, 11) is 0. The molecule has 3 rings (SSSR count). The number of hydrogen-bond acceptors (Lipinski definition) is 2. The molecule has 0 aromatic heterocycles. The fourth-order valence-corrected chi connectivity index (χ4v) is 3.31. The largest absolute Gasteiger partial charge is 0.416 e. The van der Waals surface area contributed by atoms with Crippen molar-refractivity contribution in [1.82, 2.24) is 4.90 Å². The highest BCUT2D eigenvalue weighted by Crippen LogP contribution is 2.33. The van der Waals surface area contributed by atoms with Crippen molar-refractivity contribution in [3.8, 4) is 0 Å². The number of amides is 1. The van der Waals surface area contributed by atoms with Gasteiger partial charge in [-0.1, -0.05) is 35.3 Å². The standard InChI is InChI=1S/C18H15Cl2F3N2O/c19-14-5-2-6-15(16(14)20)24-7-9-25(10-8-24)17(26)12-3-1-4-13(11-12)18(21,22)23/h1-6,11H,7-10H2. The lowest BCUT2D eigenvalue weighted by Crippen LogP contribution is -2.48. The van der Waals surface area contributed by atoms with E-state index in [1.165, 1.54) is 12.1 Å². The van der Waals surface area contributed by atoms with Crippen LogP contribution in [0.1, 0.15) is 15.9 Å². The summed E-state index contributed by atoms with van der Waals surface area (Å²) in [6.07, 6.45) is -4.47. The van der Waals surface area contributed by atoms with E-state index < -0.39 is 17.6 Å². The highest BCUT2D eigenvalue weighted by atomic mass is 35.5. The number of carbonyl (C=O) groups excluding carboxylic acids is 1. The molecule has 3 nitrogen and oxygen atoms in total. The van der Waals surface area contributed by atoms with Gasteiger partial charge >= 0.3 is 6.18 Å². The van der Waals surface area contributed by atoms with E-state index in [1.54, 1.807) is 17.0 Å². The minimum atomic E-state index is -4.47. The number of benzene rings is 2. The van der Waals surface area contributed by atoms with Crippen LogP contribution in [0.4, 0.5) is 18.9 Å². The van der Waals surface area contributed by atoms with Crippen LogP contribution in [0.5, 0.6) is 0 Å². The molecular weight excluding hydrogens is 388 g/mol. The van der Waals surface area contributed by atoms with E-state index in [1.807, 2.05) is 11.0 Å². The van der Waals surface area contributed by atoms with Gasteiger partial charge in [0.05, 0.1) is 21.3 Å². The van der Waals surface area contributed by atoms with Gasteiger partial charge in [0.15, 0.2) is 0 Å². The molecule has 1 aliphatic rings. The molecule has 2 aromatic carbocycles. The first-order valence-electron chi connectivity index (χ1n) is 7.93. The Labute approximate surface area is 158 Å². The van der Waals surface area contributed by atoms with Crippen molar-refractivity contribution in [3.63, 3.8) is 0 Å². The van der Waals surface area contributed by atoms with Crippen molar-refractivity contribution in [1.29, 1.82) is 0 Å². The van der Waals surface area contributed by atoms with Gasteiger partial charge in [-0.2, -0.15) is 13.2 Å². The van der Waals surface area contributed by atoms with Gasteiger partial charge in [-0.25, -0.2) is 0 Å². The quantitative estimate of drug-likeness (QED) is 0.707. The number of piperazine rings is 1. The fraction of sp³-hybridized carbons (Fsp3) is 0.278. The van der Waals surface area contributed by atoms with Crippen molar-refractivity contribution in [2.75, 3.05) is 31.1 Å². The Balaban J connectivity index is 1.70. The smallest absolute Gasteiger partial charge is 0.367 e. The van der Waals surface area contributed by atoms with Crippen molar-refractivity contribution < 1.29 is 18.0 Å². The van der Waals surface area contributed by atoms with Gasteiger partial charge in [0, 0.05) is 31.7 Å². The summed E-state index contributed by atoms with van der Waals surface area (Å²) >= 11 is 12.2. The molecule has 0 saturated carbocycles. The summed E-state index contributed by atoms with van der Waals surface area (Å²) in [5.41, 5.74) is -0.00732. The van der Waals surface area contributed by atoms with E-state index in [4.69, 9.17) is 23.2 Å². The lowest BCUT2D eigenvalue weighted by molar-refractivity contribution is -0.137. The normalized spacial score (nSPS) is 15.3. The second kappa shape index (κ2) is 7.37. The van der Waals surface area contributed by atoms with E-state index in [2.05, 4.69) is 0 Å². The number of anilines is 1. The Morgan fingerprint density at radius 2 is 1.62 bits per heavy atom. The average molecular weight is 403 g/mol. The number of halogens is 5. The summed E-state index contributed by atoms with van der Waals surface area (Å²) in [5, 5.41) is 0.901. The fourth-order valence-electron chi connectivity index (χ4n) is 2.90. The summed E-state index contributed by atoms with van der Waals surface area (Å²) in [5.74, 6) is -0.409. The third-order valence-corrected chi connectivity index (χ3v) is 5.08. The average Bonchev–Trinajstić information content (AvgIpc) is 2.63. The highest BCUT2D eigenvalue weighted by molar-refractivity contribution is 6.43. The van der Waals surface area contributed by atoms with Gasteiger partial charge in [-0.15, -0.1) is 0 Å². The molecule has 1 saturated heterocycles. The van der Waals surface area contributed by atoms with E-state index in [-0.39, 0.29) is 5.56 Å². The predicted octanol–water partition coefficient (Wildman–Crippen LogP) is 4.97. The Hall–Kier alpha value is -1.92. The zero-order chi connectivity index (χ0) is 18.9. The molecule has 26 heavy (non-hydrogen) atoms. The molecule has 1 fully saturated rings. The number of alkyl halides is 3. The number of nitrogens with zero attached hydrogens (tertiary/aromatic N) is 2. The SMILES string of the molecule is O=C(c1cccc(C(F)(F)F)c1)N1CCN(c2cccc(Cl)c2Cl)CC1. The number of carbonyl (C=O) groups is 1. The molecule has 0 radical (unpaired) electrons. The molecule has 8 heteroatoms. The lowest BCUT2D eigenvalue weighted by Gasteiger charge is -2.36. The molecule has 1 heterocycles. The van der Waals surface area contributed by atoms with Crippen LogP contribution in [0.15, 0.2) is 42.5 Å². The Bertz CT molecular complexity index is 818. The van der Waals surface area contributed by atoms with Crippen LogP contribution in [0.2, 0.25) is 10.0 Å². The van der Waals surface area contributed by atoms with E-state index in [0.29, 0.717) is 36.2 Å². The zero-order valence-electron chi connectivity index (χ0n) is 13.6. The van der Waals surface area contributed by atoms with Gasteiger partial charge in [0.25, 0.3) is 5.91 Å². The lowest BCUT2D eigenvalue weighted by atomic mass is 10.1. The second-order valence-electron chi connectivity index (χ2n) is 5.93. The maximum absolute atomic E-state index is 12.8. The second-order valence-corrected chi connectivity index (χ2v) is 6.72. The molecule has 0 aliphatic carbocycles. The van der Waals surface area contributed by atoms with Crippen LogP contribution < -0.4 is 4.90 Å². The summed E-state index contributed by atoms with van der Waals surface area (Å²) in [6.45, 7) is 1.81. The van der Waals surface area contributed by atoms with Crippen LogP contribution in [-0.4, -0.2) is 37.0 Å². The molecule has 0 N–H and O–H groups in total. The maximum atomic E-state index is 12.8. The van der Waals surface area contributed by atoms with Crippen LogP contribution in [0, 0.1) is 0 Å². The Morgan fingerprint density at radius 1 is 0.962 bits per heavy atom. The monoisotopic (exact) mass is 402 g/mol. The summed E-state index contributed by atoms with van der Waals surface area (Å²) in [6, 6.07) is 9.83. The molecular formula is C18H15Cl2F3N2O. The molecule has 0 unspecified atom stereocenters. The maximum Gasteiger partial charge on any atom is 0.416 e. The van der Waals surface area contributed by atoms with E-state index >= 15 is 0 Å². The Morgan fingerprint density at radius 3 is 2.27 bits per heavy atom. The van der Waals surface area contributed by atoms with Crippen molar-refractivity contribution in [2.24, 2.45) is 0 Å². The van der Waals surface area contributed by atoms with Gasteiger partial charge in [0.2, 0.25) is 0 Å². The van der Waals surface area contributed by atoms with Crippen LogP contribution in [-0.2, 0) is 6.18 Å². The predicted molar refractivity (Wildman–Crippen MR) is 96.0 cm³/mol. The first-order chi connectivity index (χ1) is 12.3. The highest BCUT2D eigenvalue weighted by Gasteiger charge is 2.31. The molecule has 1 amide bonds. The zero-order valence-corrected chi connectivity index (χ0v) is 15.1. The van der Waals surface area contributed by atoms with Crippen LogP contribution in [0.25, 0.3) is 0 Å². The summed E-state index contributed by atoms with van der Waals surface area (Å²) in [4.78, 5) is 16.1. The van der Waals surface area contributed by atoms with Crippen molar-refractivity contribution in [2.45, 2.75) is 6.18 Å². The third kappa shape index (κ3) is 3.91. The topological polar surface area (TPSA) is 23.6 Å². The van der Waals surface area contributed by atoms with Crippen molar-refractivity contribution in [3.05, 3.63) is 63.6 Å². The van der Waals surface area contributed by atoms with Gasteiger partial charge in [0.1, 0.15) is 0 Å². The van der Waals surface area contributed by atoms with Gasteiger partial charge in [-0.05, 0) is 30.3 Å². The number of hydrogen-bond donors (Lipinski definition) is 0. The molecule has 138 valence electrons. The van der Waals surface area contributed by atoms with E-state index in [9.17, 15) is 18.0 Å². The third-order valence-electron chi connectivity index (χ3n) is 4.28. The van der Waals surface area contributed by atoms with Gasteiger partial charge < -0.3 is 9.80 Å². The van der Waals surface area contributed by atoms with Crippen LogP contribution >= 0.6 is 23.2 Å². The Kier molecular flexibility index (Phi) is 5.34. The minimum Gasteiger partial charge on any atom is -0.367 e. The molecule has 2 aromatic rings. The first kappa shape index (κ1) is 18.9. The van der Waals surface area contributed by atoms with Crippen molar-refractivity contribution >= 4 is 34.8 Å². The van der Waals surface area contributed by atoms with E-state index in [0.717, 1.165) is 17.8 Å². The number of rotatable bonds is 2. The molecule has 1 aliphatic heterocycles. The van der Waals surface area contributed by atoms with Crippen LogP contribution in [0.3, 0.4) is 0 Å². The molecule has 0 atom stereocenters. The minimum absolute atomic E-state index is 0.0362. The molecule has 0 bridgehead atoms. The van der Waals surface area contributed by atoms with Gasteiger partial charge in [-0.3, -0.25) is 4.79 Å². The summed E-state index contributed by atoms with van der Waals surface area (Å²) < 4.78 is 38.5. The molecule has 0 spiro atoms. The first-order valence-corrected chi connectivity index (χ1v) is 8.68.